The molecule has 1 aliphatic carbocycles. The number of rotatable bonds is 5. The fourth-order valence-electron chi connectivity index (χ4n) is 3.93. The number of anilines is 1. The molecule has 1 aromatic rings. The van der Waals surface area contributed by atoms with Crippen LogP contribution in [0.25, 0.3) is 0 Å². The van der Waals surface area contributed by atoms with Gasteiger partial charge in [-0.25, -0.2) is 0 Å². The lowest BCUT2D eigenvalue weighted by molar-refractivity contribution is -0.124. The molecule has 0 spiro atoms. The first-order chi connectivity index (χ1) is 12.8. The second-order valence-corrected chi connectivity index (χ2v) is 7.86. The van der Waals surface area contributed by atoms with Gasteiger partial charge in [-0.2, -0.15) is 0 Å². The average Bonchev–Trinajstić information content (AvgIpc) is 3.12. The molecule has 0 saturated heterocycles. The van der Waals surface area contributed by atoms with Gasteiger partial charge in [-0.1, -0.05) is 12.8 Å². The first kappa shape index (κ1) is 19.5. The van der Waals surface area contributed by atoms with E-state index in [2.05, 4.69) is 5.32 Å². The van der Waals surface area contributed by atoms with Crippen molar-refractivity contribution in [2.24, 2.45) is 0 Å². The van der Waals surface area contributed by atoms with Crippen LogP contribution in [-0.2, 0) is 4.79 Å². The SMILES string of the molecule is CN(C)C(=O)c1ccc2c(c1)N(C)[C@H](CC(=O)NC1(CO)CCCC1)CO2. The molecular weight excluding hydrogens is 346 g/mol. The van der Waals surface area contributed by atoms with Crippen molar-refractivity contribution in [2.45, 2.75) is 43.7 Å². The van der Waals surface area contributed by atoms with E-state index in [1.165, 1.54) is 4.90 Å². The van der Waals surface area contributed by atoms with Gasteiger partial charge < -0.3 is 25.0 Å². The van der Waals surface area contributed by atoms with Crippen molar-refractivity contribution in [1.82, 2.24) is 10.2 Å². The quantitative estimate of drug-likeness (QED) is 0.813. The minimum absolute atomic E-state index is 0.0193. The van der Waals surface area contributed by atoms with Gasteiger partial charge in [0.15, 0.2) is 0 Å². The number of ether oxygens (including phenoxy) is 1. The van der Waals surface area contributed by atoms with Gasteiger partial charge in [-0.05, 0) is 31.0 Å². The molecule has 7 nitrogen and oxygen atoms in total. The molecule has 27 heavy (non-hydrogen) atoms. The molecule has 0 aromatic heterocycles. The lowest BCUT2D eigenvalue weighted by Gasteiger charge is -2.37. The summed E-state index contributed by atoms with van der Waals surface area (Å²) < 4.78 is 5.83. The Bertz CT molecular complexity index is 713. The van der Waals surface area contributed by atoms with Crippen LogP contribution in [0.15, 0.2) is 18.2 Å². The molecule has 1 aliphatic heterocycles. The second-order valence-electron chi connectivity index (χ2n) is 7.86. The summed E-state index contributed by atoms with van der Waals surface area (Å²) in [5.41, 5.74) is 0.933. The third-order valence-corrected chi connectivity index (χ3v) is 5.66. The Morgan fingerprint density at radius 1 is 1.33 bits per heavy atom. The van der Waals surface area contributed by atoms with Crippen LogP contribution < -0.4 is 15.0 Å². The van der Waals surface area contributed by atoms with Crippen molar-refractivity contribution in [3.05, 3.63) is 23.8 Å². The molecule has 0 bridgehead atoms. The maximum atomic E-state index is 12.6. The van der Waals surface area contributed by atoms with Crippen LogP contribution in [0.2, 0.25) is 0 Å². The zero-order chi connectivity index (χ0) is 19.6. The number of carbonyl (C=O) groups is 2. The van der Waals surface area contributed by atoms with Crippen molar-refractivity contribution in [3.63, 3.8) is 0 Å². The van der Waals surface area contributed by atoms with Crippen LogP contribution in [0.3, 0.4) is 0 Å². The van der Waals surface area contributed by atoms with Gasteiger partial charge >= 0.3 is 0 Å². The van der Waals surface area contributed by atoms with Crippen molar-refractivity contribution in [2.75, 3.05) is 39.3 Å². The summed E-state index contributed by atoms with van der Waals surface area (Å²) in [7, 11) is 5.35. The van der Waals surface area contributed by atoms with Crippen molar-refractivity contribution in [1.29, 1.82) is 0 Å². The maximum absolute atomic E-state index is 12.6. The van der Waals surface area contributed by atoms with Crippen LogP contribution in [0.1, 0.15) is 42.5 Å². The molecule has 0 radical (unpaired) electrons. The fraction of sp³-hybridized carbons (Fsp3) is 0.600. The zero-order valence-corrected chi connectivity index (χ0v) is 16.3. The predicted molar refractivity (Wildman–Crippen MR) is 103 cm³/mol. The van der Waals surface area contributed by atoms with Crippen LogP contribution in [0.5, 0.6) is 5.75 Å². The smallest absolute Gasteiger partial charge is 0.253 e. The molecule has 2 N–H and O–H groups in total. The topological polar surface area (TPSA) is 82.1 Å². The summed E-state index contributed by atoms with van der Waals surface area (Å²) >= 11 is 0. The molecule has 1 heterocycles. The number of likely N-dealkylation sites (N-methyl/N-ethyl adjacent to an activating group) is 1. The minimum Gasteiger partial charge on any atom is -0.489 e. The molecule has 1 fully saturated rings. The van der Waals surface area contributed by atoms with Crippen LogP contribution in [0.4, 0.5) is 5.69 Å². The Labute approximate surface area is 160 Å². The van der Waals surface area contributed by atoms with Crippen LogP contribution in [-0.4, -0.2) is 67.8 Å². The summed E-state index contributed by atoms with van der Waals surface area (Å²) in [6.45, 7) is 0.388. The Balaban J connectivity index is 1.70. The number of fused-ring (bicyclic) bond motifs is 1. The Morgan fingerprint density at radius 2 is 2.04 bits per heavy atom. The first-order valence-corrected chi connectivity index (χ1v) is 9.48. The van der Waals surface area contributed by atoms with Gasteiger partial charge in [0, 0.05) is 26.7 Å². The molecule has 2 aliphatic rings. The third kappa shape index (κ3) is 4.03. The largest absolute Gasteiger partial charge is 0.489 e. The molecule has 1 aromatic carbocycles. The van der Waals surface area contributed by atoms with E-state index in [0.29, 0.717) is 17.9 Å². The van der Waals surface area contributed by atoms with E-state index in [1.807, 2.05) is 18.0 Å². The highest BCUT2D eigenvalue weighted by molar-refractivity contribution is 5.95. The van der Waals surface area contributed by atoms with E-state index < -0.39 is 5.54 Å². The van der Waals surface area contributed by atoms with E-state index in [-0.39, 0.29) is 30.9 Å². The van der Waals surface area contributed by atoms with E-state index in [4.69, 9.17) is 4.74 Å². The number of hydrogen-bond acceptors (Lipinski definition) is 5. The zero-order valence-electron chi connectivity index (χ0n) is 16.3. The lowest BCUT2D eigenvalue weighted by atomic mass is 9.98. The molecule has 3 rings (SSSR count). The molecule has 148 valence electrons. The highest BCUT2D eigenvalue weighted by atomic mass is 16.5. The summed E-state index contributed by atoms with van der Waals surface area (Å²) in [6.07, 6.45) is 3.99. The highest BCUT2D eigenvalue weighted by Crippen LogP contribution is 2.35. The monoisotopic (exact) mass is 375 g/mol. The normalized spacial score (nSPS) is 20.6. The van der Waals surface area contributed by atoms with Gasteiger partial charge in [0.25, 0.3) is 5.91 Å². The van der Waals surface area contributed by atoms with Crippen molar-refractivity contribution >= 4 is 17.5 Å². The van der Waals surface area contributed by atoms with E-state index in [1.54, 1.807) is 26.2 Å². The Hall–Kier alpha value is -2.28. The summed E-state index contributed by atoms with van der Waals surface area (Å²) in [6, 6.07) is 5.25. The van der Waals surface area contributed by atoms with Gasteiger partial charge in [0.05, 0.1) is 30.3 Å². The molecule has 2 amide bonds. The van der Waals surface area contributed by atoms with Crippen LogP contribution >= 0.6 is 0 Å². The summed E-state index contributed by atoms with van der Waals surface area (Å²) in [5.74, 6) is 0.569. The van der Waals surface area contributed by atoms with Gasteiger partial charge in [-0.3, -0.25) is 9.59 Å². The number of aliphatic hydroxyl groups is 1. The lowest BCUT2D eigenvalue weighted by Crippen LogP contribution is -2.52. The summed E-state index contributed by atoms with van der Waals surface area (Å²) in [5, 5.41) is 12.7. The Kier molecular flexibility index (Phi) is 5.60. The van der Waals surface area contributed by atoms with Crippen LogP contribution in [0, 0.1) is 0 Å². The first-order valence-electron chi connectivity index (χ1n) is 9.48. The molecule has 1 atom stereocenters. The number of nitrogens with one attached hydrogen (secondary N) is 1. The van der Waals surface area contributed by atoms with Crippen molar-refractivity contribution in [3.8, 4) is 5.75 Å². The fourth-order valence-corrected chi connectivity index (χ4v) is 3.93. The molecule has 1 saturated carbocycles. The maximum Gasteiger partial charge on any atom is 0.253 e. The standard InChI is InChI=1S/C20H29N3O4/c1-22(2)19(26)14-6-7-17-16(10-14)23(3)15(12-27-17)11-18(25)21-20(13-24)8-4-5-9-20/h6-7,10,15,24H,4-5,8-9,11-13H2,1-3H3,(H,21,25)/t15-/m1/s1. The van der Waals surface area contributed by atoms with Gasteiger partial charge in [0.1, 0.15) is 12.4 Å². The number of carbonyl (C=O) groups excluding carboxylic acids is 2. The third-order valence-electron chi connectivity index (χ3n) is 5.66. The number of amides is 2. The van der Waals surface area contributed by atoms with Gasteiger partial charge in [0.2, 0.25) is 5.91 Å². The number of benzene rings is 1. The van der Waals surface area contributed by atoms with E-state index in [0.717, 1.165) is 31.4 Å². The average molecular weight is 375 g/mol. The highest BCUT2D eigenvalue weighted by Gasteiger charge is 2.36. The minimum atomic E-state index is -0.464. The number of nitrogens with zero attached hydrogens (tertiary/aromatic N) is 2. The summed E-state index contributed by atoms with van der Waals surface area (Å²) in [4.78, 5) is 28.4. The predicted octanol–water partition coefficient (Wildman–Crippen LogP) is 1.40. The van der Waals surface area contributed by atoms with E-state index in [9.17, 15) is 14.7 Å². The number of hydrogen-bond donors (Lipinski definition) is 2. The molecule has 7 heteroatoms. The molecule has 0 unspecified atom stereocenters. The van der Waals surface area contributed by atoms with E-state index >= 15 is 0 Å². The number of aliphatic hydroxyl groups excluding tert-OH is 1. The second kappa shape index (κ2) is 7.76. The molecular formula is C20H29N3O4. The Morgan fingerprint density at radius 3 is 2.67 bits per heavy atom. The van der Waals surface area contributed by atoms with Crippen molar-refractivity contribution < 1.29 is 19.4 Å². The van der Waals surface area contributed by atoms with Gasteiger partial charge in [-0.15, -0.1) is 0 Å².